The molecule has 3 aliphatic rings. The van der Waals surface area contributed by atoms with Gasteiger partial charge in [0.05, 0.1) is 12.9 Å². The van der Waals surface area contributed by atoms with Gasteiger partial charge >= 0.3 is 6.03 Å². The van der Waals surface area contributed by atoms with Crippen molar-refractivity contribution in [1.82, 2.24) is 25.1 Å². The SMILES string of the molecule is CC1([C@]2(CN3Cc4ccc(F)cc4C3=O)NC(=O)NC2=O)C=CC(c2ccc(-n3ccnc3)cc2)=CC1. The van der Waals surface area contributed by atoms with Gasteiger partial charge in [0, 0.05) is 35.6 Å². The first kappa shape index (κ1) is 22.9. The summed E-state index contributed by atoms with van der Waals surface area (Å²) in [5, 5.41) is 5.20. The van der Waals surface area contributed by atoms with E-state index >= 15 is 0 Å². The Balaban J connectivity index is 1.27. The maximum absolute atomic E-state index is 13.8. The number of aromatic nitrogens is 2. The van der Waals surface area contributed by atoms with Gasteiger partial charge in [0.15, 0.2) is 0 Å². The fourth-order valence-electron chi connectivity index (χ4n) is 5.43. The van der Waals surface area contributed by atoms with Crippen LogP contribution in [0, 0.1) is 11.2 Å². The zero-order valence-corrected chi connectivity index (χ0v) is 20.1. The van der Waals surface area contributed by atoms with E-state index in [0.717, 1.165) is 16.8 Å². The molecule has 8 nitrogen and oxygen atoms in total. The lowest BCUT2D eigenvalue weighted by atomic mass is 9.65. The third-order valence-electron chi connectivity index (χ3n) is 7.68. The molecule has 1 unspecified atom stereocenters. The quantitative estimate of drug-likeness (QED) is 0.527. The standard InChI is InChI=1S/C28H24FN5O3/c1-27(10-8-19(9-11-27)18-3-6-22(7-4-18)33-13-12-30-17-33)28(25(36)31-26(37)32-28)16-34-15-20-2-5-21(29)14-23(20)24(34)35/h2-10,12-14,17H,11,15-16H2,1H3,(H2,31,32,36,37)/t27?,28-/m1/s1. The van der Waals surface area contributed by atoms with Crippen molar-refractivity contribution in [3.63, 3.8) is 0 Å². The molecule has 6 rings (SSSR count). The number of nitrogens with one attached hydrogen (secondary N) is 2. The first-order valence-electron chi connectivity index (χ1n) is 12.0. The molecule has 37 heavy (non-hydrogen) atoms. The predicted molar refractivity (Wildman–Crippen MR) is 134 cm³/mol. The van der Waals surface area contributed by atoms with Crippen LogP contribution >= 0.6 is 0 Å². The van der Waals surface area contributed by atoms with Gasteiger partial charge in [0.1, 0.15) is 11.4 Å². The van der Waals surface area contributed by atoms with Crippen LogP contribution in [0.2, 0.25) is 0 Å². The highest BCUT2D eigenvalue weighted by Gasteiger charge is 2.59. The number of allylic oxidation sites excluding steroid dienone is 3. The second kappa shape index (κ2) is 8.26. The molecule has 3 heterocycles. The molecule has 3 aromatic rings. The third kappa shape index (κ3) is 3.66. The molecule has 2 atom stereocenters. The Morgan fingerprint density at radius 1 is 1.11 bits per heavy atom. The van der Waals surface area contributed by atoms with E-state index in [-0.39, 0.29) is 24.6 Å². The number of rotatable bonds is 5. The normalized spacial score (nSPS) is 24.6. The van der Waals surface area contributed by atoms with E-state index in [0.29, 0.717) is 12.0 Å². The lowest BCUT2D eigenvalue weighted by molar-refractivity contribution is -0.128. The summed E-state index contributed by atoms with van der Waals surface area (Å²) in [7, 11) is 0. The number of hydrogen-bond acceptors (Lipinski definition) is 4. The highest BCUT2D eigenvalue weighted by Crippen LogP contribution is 2.44. The Bertz CT molecular complexity index is 1490. The fraction of sp³-hybridized carbons (Fsp3) is 0.214. The van der Waals surface area contributed by atoms with Gasteiger partial charge in [-0.05, 0) is 47.4 Å². The van der Waals surface area contributed by atoms with Gasteiger partial charge in [-0.15, -0.1) is 0 Å². The van der Waals surface area contributed by atoms with Crippen LogP contribution in [0.15, 0.2) is 79.4 Å². The van der Waals surface area contributed by atoms with Gasteiger partial charge in [-0.25, -0.2) is 14.2 Å². The number of carbonyl (C=O) groups is 3. The van der Waals surface area contributed by atoms with Gasteiger partial charge < -0.3 is 14.8 Å². The molecule has 4 amide bonds. The Hall–Kier alpha value is -4.53. The van der Waals surface area contributed by atoms with E-state index in [9.17, 15) is 18.8 Å². The number of imidazole rings is 1. The first-order chi connectivity index (χ1) is 17.8. The number of urea groups is 1. The van der Waals surface area contributed by atoms with E-state index in [4.69, 9.17) is 0 Å². The number of imide groups is 1. The van der Waals surface area contributed by atoms with Gasteiger partial charge in [0.2, 0.25) is 0 Å². The maximum Gasteiger partial charge on any atom is 0.322 e. The van der Waals surface area contributed by atoms with Gasteiger partial charge in [0.25, 0.3) is 11.8 Å². The van der Waals surface area contributed by atoms with E-state index in [1.807, 2.05) is 60.2 Å². The van der Waals surface area contributed by atoms with E-state index in [1.165, 1.54) is 17.0 Å². The van der Waals surface area contributed by atoms with Crippen LogP contribution in [0.4, 0.5) is 9.18 Å². The summed E-state index contributed by atoms with van der Waals surface area (Å²) in [6.45, 7) is 2.10. The summed E-state index contributed by atoms with van der Waals surface area (Å²) in [5.41, 5.74) is 1.78. The van der Waals surface area contributed by atoms with Gasteiger partial charge in [-0.2, -0.15) is 0 Å². The number of benzene rings is 2. The molecule has 2 N–H and O–H groups in total. The zero-order valence-electron chi connectivity index (χ0n) is 20.1. The number of fused-ring (bicyclic) bond motifs is 1. The molecule has 0 radical (unpaired) electrons. The second-order valence-electron chi connectivity index (χ2n) is 9.91. The summed E-state index contributed by atoms with van der Waals surface area (Å²) in [4.78, 5) is 44.3. The number of nitrogens with zero attached hydrogens (tertiary/aromatic N) is 3. The number of halogens is 1. The predicted octanol–water partition coefficient (Wildman–Crippen LogP) is 3.60. The van der Waals surface area contributed by atoms with Crippen LogP contribution in [0.25, 0.3) is 11.3 Å². The van der Waals surface area contributed by atoms with E-state index in [2.05, 4.69) is 15.6 Å². The molecule has 1 fully saturated rings. The minimum Gasteiger partial charge on any atom is -0.331 e. The van der Waals surface area contributed by atoms with Crippen molar-refractivity contribution < 1.29 is 18.8 Å². The first-order valence-corrected chi connectivity index (χ1v) is 12.0. The van der Waals surface area contributed by atoms with Crippen LogP contribution in [0.3, 0.4) is 0 Å². The van der Waals surface area contributed by atoms with Crippen molar-refractivity contribution in [2.24, 2.45) is 5.41 Å². The summed E-state index contributed by atoms with van der Waals surface area (Å²) in [5.74, 6) is -1.34. The largest absolute Gasteiger partial charge is 0.331 e. The molecule has 1 aromatic heterocycles. The summed E-state index contributed by atoms with van der Waals surface area (Å²) >= 11 is 0. The Labute approximate surface area is 212 Å². The molecule has 2 aliphatic heterocycles. The fourth-order valence-corrected chi connectivity index (χ4v) is 5.43. The van der Waals surface area contributed by atoms with Crippen LogP contribution in [-0.4, -0.2) is 44.4 Å². The molecule has 186 valence electrons. The molecule has 0 spiro atoms. The lowest BCUT2D eigenvalue weighted by Crippen LogP contribution is -2.64. The van der Waals surface area contributed by atoms with Gasteiger partial charge in [-0.1, -0.05) is 43.4 Å². The smallest absolute Gasteiger partial charge is 0.322 e. The van der Waals surface area contributed by atoms with Crippen molar-refractivity contribution in [1.29, 1.82) is 0 Å². The van der Waals surface area contributed by atoms with E-state index in [1.54, 1.807) is 18.6 Å². The van der Waals surface area contributed by atoms with Crippen molar-refractivity contribution in [3.05, 3.63) is 102 Å². The lowest BCUT2D eigenvalue weighted by Gasteiger charge is -2.44. The van der Waals surface area contributed by atoms with Crippen molar-refractivity contribution in [2.75, 3.05) is 6.54 Å². The summed E-state index contributed by atoms with van der Waals surface area (Å²) in [6.07, 6.45) is 11.7. The summed E-state index contributed by atoms with van der Waals surface area (Å²) < 4.78 is 15.7. The van der Waals surface area contributed by atoms with Crippen molar-refractivity contribution >= 4 is 23.4 Å². The zero-order chi connectivity index (χ0) is 25.8. The minimum atomic E-state index is -1.38. The second-order valence-corrected chi connectivity index (χ2v) is 9.91. The Morgan fingerprint density at radius 2 is 1.92 bits per heavy atom. The molecular formula is C28H24FN5O3. The highest BCUT2D eigenvalue weighted by atomic mass is 19.1. The maximum atomic E-state index is 13.8. The van der Waals surface area contributed by atoms with Crippen LogP contribution < -0.4 is 10.6 Å². The van der Waals surface area contributed by atoms with Crippen LogP contribution in [0.5, 0.6) is 0 Å². The van der Waals surface area contributed by atoms with Crippen LogP contribution in [-0.2, 0) is 11.3 Å². The Kier molecular flexibility index (Phi) is 5.11. The number of hydrogen-bond donors (Lipinski definition) is 2. The molecule has 9 heteroatoms. The Morgan fingerprint density at radius 3 is 2.57 bits per heavy atom. The molecule has 1 aliphatic carbocycles. The highest BCUT2D eigenvalue weighted by molar-refractivity contribution is 6.09. The summed E-state index contributed by atoms with van der Waals surface area (Å²) in [6, 6.07) is 11.6. The topological polar surface area (TPSA) is 96.3 Å². The molecular weight excluding hydrogens is 473 g/mol. The molecule has 2 aromatic carbocycles. The average molecular weight is 498 g/mol. The van der Waals surface area contributed by atoms with Crippen molar-refractivity contribution in [2.45, 2.75) is 25.4 Å². The number of carbonyl (C=O) groups excluding carboxylic acids is 3. The molecule has 0 saturated carbocycles. The number of amides is 4. The minimum absolute atomic E-state index is 0.0384. The van der Waals surface area contributed by atoms with E-state index < -0.39 is 28.7 Å². The third-order valence-corrected chi connectivity index (χ3v) is 7.68. The van der Waals surface area contributed by atoms with Gasteiger partial charge in [-0.3, -0.25) is 14.9 Å². The molecule has 1 saturated heterocycles. The van der Waals surface area contributed by atoms with Crippen molar-refractivity contribution in [3.8, 4) is 5.69 Å². The van der Waals surface area contributed by atoms with Crippen LogP contribution in [0.1, 0.15) is 34.8 Å². The molecule has 0 bridgehead atoms. The monoisotopic (exact) mass is 497 g/mol. The average Bonchev–Trinajstić information content (AvgIpc) is 3.60.